The number of carbonyl (C=O) groups is 1. The number of methoxy groups -OCH3 is 1. The number of aliphatic hydroxyl groups is 1. The third-order valence-electron chi connectivity index (χ3n) is 3.03. The number of carbonyl (C=O) groups excluding carboxylic acids is 1. The number of aromatic carboxylic acids is 1. The van der Waals surface area contributed by atoms with Crippen molar-refractivity contribution >= 4 is 5.97 Å². The van der Waals surface area contributed by atoms with Crippen molar-refractivity contribution in [2.24, 2.45) is 0 Å². The first-order valence-corrected chi connectivity index (χ1v) is 6.97. The van der Waals surface area contributed by atoms with Crippen LogP contribution in [0.4, 0.5) is 0 Å². The first-order chi connectivity index (χ1) is 11.1. The molecule has 0 unspecified atom stereocenters. The molecule has 0 aromatic heterocycles. The highest BCUT2D eigenvalue weighted by Gasteiger charge is 2.07. The van der Waals surface area contributed by atoms with Crippen molar-refractivity contribution in [3.05, 3.63) is 54.1 Å². The molecule has 0 amide bonds. The molecular formula is C17H17O6-. The first-order valence-electron chi connectivity index (χ1n) is 6.97. The van der Waals surface area contributed by atoms with E-state index in [2.05, 4.69) is 0 Å². The average Bonchev–Trinajstić information content (AvgIpc) is 2.59. The maximum atomic E-state index is 10.6. The standard InChI is InChI=1S/C17H18O6/c1-21-14-6-8-16(9-7-14)23-11-13(18)10-22-15-4-2-12(3-5-15)17(19)20/h2-9,13,18H,10-11H2,1H3,(H,19,20)/p-1/t13-/m0/s1. The fourth-order valence-corrected chi connectivity index (χ4v) is 1.79. The van der Waals surface area contributed by atoms with Gasteiger partial charge >= 0.3 is 0 Å². The van der Waals surface area contributed by atoms with Gasteiger partial charge in [0.15, 0.2) is 0 Å². The van der Waals surface area contributed by atoms with E-state index >= 15 is 0 Å². The molecule has 0 aliphatic rings. The smallest absolute Gasteiger partial charge is 0.122 e. The normalized spacial score (nSPS) is 11.6. The number of carboxylic acids is 1. The summed E-state index contributed by atoms with van der Waals surface area (Å²) < 4.78 is 15.8. The third kappa shape index (κ3) is 5.19. The van der Waals surface area contributed by atoms with Gasteiger partial charge in [-0.1, -0.05) is 0 Å². The van der Waals surface area contributed by atoms with Gasteiger partial charge in [-0.3, -0.25) is 0 Å². The summed E-state index contributed by atoms with van der Waals surface area (Å²) in [4.78, 5) is 10.6. The van der Waals surface area contributed by atoms with Crippen LogP contribution in [0.5, 0.6) is 17.2 Å². The Bertz CT molecular complexity index is 621. The van der Waals surface area contributed by atoms with E-state index in [4.69, 9.17) is 14.2 Å². The fraction of sp³-hybridized carbons (Fsp3) is 0.235. The monoisotopic (exact) mass is 317 g/mol. The molecule has 0 aliphatic heterocycles. The molecule has 1 N–H and O–H groups in total. The van der Waals surface area contributed by atoms with Crippen molar-refractivity contribution in [1.82, 2.24) is 0 Å². The Morgan fingerprint density at radius 1 is 0.957 bits per heavy atom. The van der Waals surface area contributed by atoms with Crippen molar-refractivity contribution in [3.8, 4) is 17.2 Å². The number of rotatable bonds is 8. The lowest BCUT2D eigenvalue weighted by Crippen LogP contribution is -2.25. The van der Waals surface area contributed by atoms with Crippen LogP contribution in [0.3, 0.4) is 0 Å². The third-order valence-corrected chi connectivity index (χ3v) is 3.03. The summed E-state index contributed by atoms with van der Waals surface area (Å²) in [5, 5.41) is 20.5. The summed E-state index contributed by atoms with van der Waals surface area (Å²) in [6, 6.07) is 12.8. The molecule has 2 aromatic carbocycles. The quantitative estimate of drug-likeness (QED) is 0.777. The number of hydrogen-bond donors (Lipinski definition) is 1. The molecule has 0 aliphatic carbocycles. The molecule has 6 heteroatoms. The minimum Gasteiger partial charge on any atom is -0.545 e. The molecule has 0 spiro atoms. The molecule has 0 saturated heterocycles. The van der Waals surface area contributed by atoms with Gasteiger partial charge in [-0.05, 0) is 54.1 Å². The zero-order valence-electron chi connectivity index (χ0n) is 12.6. The van der Waals surface area contributed by atoms with Gasteiger partial charge in [0, 0.05) is 0 Å². The van der Waals surface area contributed by atoms with Crippen molar-refractivity contribution < 1.29 is 29.2 Å². The Morgan fingerprint density at radius 3 is 1.83 bits per heavy atom. The van der Waals surface area contributed by atoms with E-state index in [-0.39, 0.29) is 18.8 Å². The lowest BCUT2D eigenvalue weighted by atomic mass is 10.2. The van der Waals surface area contributed by atoms with Gasteiger partial charge < -0.3 is 29.2 Å². The fourth-order valence-electron chi connectivity index (χ4n) is 1.79. The lowest BCUT2D eigenvalue weighted by molar-refractivity contribution is -0.255. The zero-order chi connectivity index (χ0) is 16.7. The number of benzene rings is 2. The van der Waals surface area contributed by atoms with Crippen LogP contribution >= 0.6 is 0 Å². The summed E-state index contributed by atoms with van der Waals surface area (Å²) >= 11 is 0. The summed E-state index contributed by atoms with van der Waals surface area (Å²) in [7, 11) is 1.58. The summed E-state index contributed by atoms with van der Waals surface area (Å²) in [6.45, 7) is 0.101. The van der Waals surface area contributed by atoms with Gasteiger partial charge in [-0.2, -0.15) is 0 Å². The van der Waals surface area contributed by atoms with Gasteiger partial charge in [-0.25, -0.2) is 0 Å². The predicted molar refractivity (Wildman–Crippen MR) is 80.8 cm³/mol. The summed E-state index contributed by atoms with van der Waals surface area (Å²) in [5.41, 5.74) is 0.0701. The van der Waals surface area contributed by atoms with E-state index in [1.165, 1.54) is 24.3 Å². The summed E-state index contributed by atoms with van der Waals surface area (Å²) in [6.07, 6.45) is -0.821. The van der Waals surface area contributed by atoms with E-state index in [1.54, 1.807) is 31.4 Å². The van der Waals surface area contributed by atoms with Crippen LogP contribution in [-0.2, 0) is 0 Å². The van der Waals surface area contributed by atoms with Crippen LogP contribution < -0.4 is 19.3 Å². The molecule has 2 aromatic rings. The van der Waals surface area contributed by atoms with Gasteiger partial charge in [0.05, 0.1) is 13.1 Å². The SMILES string of the molecule is COc1ccc(OC[C@@H](O)COc2ccc(C(=O)[O-])cc2)cc1. The van der Waals surface area contributed by atoms with E-state index < -0.39 is 12.1 Å². The van der Waals surface area contributed by atoms with Crippen LogP contribution in [0.15, 0.2) is 48.5 Å². The zero-order valence-corrected chi connectivity index (χ0v) is 12.6. The number of ether oxygens (including phenoxy) is 3. The molecule has 0 fully saturated rings. The van der Waals surface area contributed by atoms with Crippen LogP contribution in [0.1, 0.15) is 10.4 Å². The molecule has 122 valence electrons. The minimum atomic E-state index is -1.25. The molecule has 0 saturated carbocycles. The Hall–Kier alpha value is -2.73. The van der Waals surface area contributed by atoms with Crippen LogP contribution in [0, 0.1) is 0 Å². The second kappa shape index (κ2) is 8.05. The highest BCUT2D eigenvalue weighted by molar-refractivity contribution is 5.85. The van der Waals surface area contributed by atoms with Crippen molar-refractivity contribution in [2.75, 3.05) is 20.3 Å². The maximum Gasteiger partial charge on any atom is 0.122 e. The Kier molecular flexibility index (Phi) is 5.82. The van der Waals surface area contributed by atoms with E-state index in [1.807, 2.05) is 0 Å². The number of hydrogen-bond acceptors (Lipinski definition) is 6. The minimum absolute atomic E-state index is 0.0286. The van der Waals surface area contributed by atoms with Crippen LogP contribution in [0.2, 0.25) is 0 Å². The average molecular weight is 317 g/mol. The maximum absolute atomic E-state index is 10.6. The van der Waals surface area contributed by atoms with Crippen molar-refractivity contribution in [1.29, 1.82) is 0 Å². The number of carboxylic acid groups (broad SMARTS) is 1. The second-order valence-corrected chi connectivity index (χ2v) is 4.76. The number of aliphatic hydroxyl groups excluding tert-OH is 1. The highest BCUT2D eigenvalue weighted by atomic mass is 16.5. The molecule has 2 rings (SSSR count). The van der Waals surface area contributed by atoms with Crippen LogP contribution in [-0.4, -0.2) is 37.5 Å². The van der Waals surface area contributed by atoms with Gasteiger partial charge in [0.1, 0.15) is 36.6 Å². The van der Waals surface area contributed by atoms with Gasteiger partial charge in [-0.15, -0.1) is 0 Å². The lowest BCUT2D eigenvalue weighted by Gasteiger charge is -2.14. The van der Waals surface area contributed by atoms with E-state index in [0.717, 1.165) is 5.75 Å². The first kappa shape index (κ1) is 16.6. The van der Waals surface area contributed by atoms with Crippen LogP contribution in [0.25, 0.3) is 0 Å². The molecule has 23 heavy (non-hydrogen) atoms. The molecule has 6 nitrogen and oxygen atoms in total. The summed E-state index contributed by atoms with van der Waals surface area (Å²) in [5.74, 6) is 0.548. The van der Waals surface area contributed by atoms with Crippen molar-refractivity contribution in [3.63, 3.8) is 0 Å². The Labute approximate surface area is 133 Å². The molecule has 0 radical (unpaired) electrons. The van der Waals surface area contributed by atoms with Gasteiger partial charge in [0.2, 0.25) is 0 Å². The second-order valence-electron chi connectivity index (χ2n) is 4.76. The highest BCUT2D eigenvalue weighted by Crippen LogP contribution is 2.17. The largest absolute Gasteiger partial charge is 0.545 e. The van der Waals surface area contributed by atoms with E-state index in [9.17, 15) is 15.0 Å². The predicted octanol–water partition coefficient (Wildman–Crippen LogP) is 0.877. The van der Waals surface area contributed by atoms with Crippen molar-refractivity contribution in [2.45, 2.75) is 6.10 Å². The molecular weight excluding hydrogens is 300 g/mol. The molecule has 0 bridgehead atoms. The topological polar surface area (TPSA) is 88.1 Å². The Balaban J connectivity index is 1.75. The van der Waals surface area contributed by atoms with E-state index in [0.29, 0.717) is 11.5 Å². The Morgan fingerprint density at radius 2 is 1.39 bits per heavy atom. The molecule has 0 heterocycles. The molecule has 1 atom stereocenters. The van der Waals surface area contributed by atoms with Gasteiger partial charge in [0.25, 0.3) is 0 Å².